The van der Waals surface area contributed by atoms with E-state index in [4.69, 9.17) is 9.47 Å². The smallest absolute Gasteiger partial charge is 0.217 e. The van der Waals surface area contributed by atoms with Gasteiger partial charge < -0.3 is 14.8 Å². The highest BCUT2D eigenvalue weighted by Crippen LogP contribution is 2.15. The Balaban J connectivity index is 2.49. The molecule has 1 rings (SSSR count). The van der Waals surface area contributed by atoms with E-state index in [-0.39, 0.29) is 11.1 Å². The van der Waals surface area contributed by atoms with Crippen molar-refractivity contribution in [3.8, 4) is 5.88 Å². The third-order valence-electron chi connectivity index (χ3n) is 2.52. The number of ether oxygens (including phenoxy) is 2. The Morgan fingerprint density at radius 1 is 1.10 bits per heavy atom. The molecule has 0 unspecified atom stereocenters. The van der Waals surface area contributed by atoms with Crippen molar-refractivity contribution in [2.75, 3.05) is 13.2 Å². The molecule has 0 saturated carbocycles. The zero-order valence-electron chi connectivity index (χ0n) is 13.6. The van der Waals surface area contributed by atoms with E-state index in [9.17, 15) is 0 Å². The highest BCUT2D eigenvalue weighted by Gasteiger charge is 2.12. The Labute approximate surface area is 122 Å². The van der Waals surface area contributed by atoms with Crippen LogP contribution in [0.4, 0.5) is 0 Å². The monoisotopic (exact) mass is 280 g/mol. The first-order chi connectivity index (χ1) is 9.17. The lowest BCUT2D eigenvalue weighted by Crippen LogP contribution is -2.35. The molecule has 1 aromatic rings. The van der Waals surface area contributed by atoms with Gasteiger partial charge in [-0.1, -0.05) is 6.07 Å². The van der Waals surface area contributed by atoms with Crippen molar-refractivity contribution in [3.63, 3.8) is 0 Å². The maximum Gasteiger partial charge on any atom is 0.217 e. The fourth-order valence-corrected chi connectivity index (χ4v) is 1.54. The van der Waals surface area contributed by atoms with Gasteiger partial charge in [0.05, 0.1) is 12.2 Å². The molecule has 114 valence electrons. The minimum Gasteiger partial charge on any atom is -0.475 e. The van der Waals surface area contributed by atoms with Gasteiger partial charge in [-0.05, 0) is 47.6 Å². The van der Waals surface area contributed by atoms with E-state index in [1.165, 1.54) is 0 Å². The summed E-state index contributed by atoms with van der Waals surface area (Å²) < 4.78 is 11.4. The van der Waals surface area contributed by atoms with E-state index >= 15 is 0 Å². The summed E-state index contributed by atoms with van der Waals surface area (Å²) in [4.78, 5) is 4.30. The van der Waals surface area contributed by atoms with Gasteiger partial charge in [0.25, 0.3) is 0 Å². The maximum atomic E-state index is 5.72. The highest BCUT2D eigenvalue weighted by molar-refractivity contribution is 5.25. The molecule has 0 aliphatic heterocycles. The first-order valence-electron chi connectivity index (χ1n) is 7.13. The van der Waals surface area contributed by atoms with Gasteiger partial charge in [0.2, 0.25) is 5.88 Å². The van der Waals surface area contributed by atoms with Crippen LogP contribution in [0.15, 0.2) is 18.3 Å². The van der Waals surface area contributed by atoms with E-state index in [0.717, 1.165) is 12.1 Å². The lowest BCUT2D eigenvalue weighted by atomic mass is 10.1. The largest absolute Gasteiger partial charge is 0.475 e. The second-order valence-electron chi connectivity index (χ2n) is 6.88. The molecule has 0 saturated heterocycles. The fraction of sp³-hybridized carbons (Fsp3) is 0.688. The molecular formula is C16H28N2O2. The number of pyridine rings is 1. The fourth-order valence-electron chi connectivity index (χ4n) is 1.54. The van der Waals surface area contributed by atoms with Crippen LogP contribution in [0, 0.1) is 0 Å². The third-order valence-corrected chi connectivity index (χ3v) is 2.52. The van der Waals surface area contributed by atoms with Crippen LogP contribution in [-0.2, 0) is 11.3 Å². The van der Waals surface area contributed by atoms with E-state index in [1.54, 1.807) is 6.20 Å². The molecule has 0 bridgehead atoms. The average molecular weight is 280 g/mol. The van der Waals surface area contributed by atoms with E-state index in [0.29, 0.717) is 19.1 Å². The minimum absolute atomic E-state index is 0.0719. The maximum absolute atomic E-state index is 5.72. The summed E-state index contributed by atoms with van der Waals surface area (Å²) in [5.74, 6) is 0.682. The van der Waals surface area contributed by atoms with Crippen molar-refractivity contribution in [2.24, 2.45) is 0 Å². The van der Waals surface area contributed by atoms with Crippen molar-refractivity contribution >= 4 is 0 Å². The van der Waals surface area contributed by atoms with Gasteiger partial charge in [0, 0.05) is 23.8 Å². The number of hydrogen-bond donors (Lipinski definition) is 1. The Bertz CT molecular complexity index is 406. The Morgan fingerprint density at radius 3 is 2.40 bits per heavy atom. The quantitative estimate of drug-likeness (QED) is 0.813. The van der Waals surface area contributed by atoms with Crippen LogP contribution >= 0.6 is 0 Å². The second kappa shape index (κ2) is 7.04. The number of aromatic nitrogens is 1. The number of nitrogens with one attached hydrogen (secondary N) is 1. The van der Waals surface area contributed by atoms with Gasteiger partial charge in [-0.15, -0.1) is 0 Å². The molecule has 1 aromatic heterocycles. The summed E-state index contributed by atoms with van der Waals surface area (Å²) in [5, 5.41) is 3.44. The summed E-state index contributed by atoms with van der Waals surface area (Å²) in [5.41, 5.74) is 1.00. The first kappa shape index (κ1) is 16.9. The van der Waals surface area contributed by atoms with Crippen molar-refractivity contribution in [1.29, 1.82) is 0 Å². The molecule has 20 heavy (non-hydrogen) atoms. The molecule has 0 fully saturated rings. The predicted molar refractivity (Wildman–Crippen MR) is 82.0 cm³/mol. The van der Waals surface area contributed by atoms with E-state index < -0.39 is 0 Å². The molecule has 4 heteroatoms. The minimum atomic E-state index is -0.135. The molecule has 1 heterocycles. The Morgan fingerprint density at radius 2 is 1.80 bits per heavy atom. The lowest BCUT2D eigenvalue weighted by Gasteiger charge is -2.22. The lowest BCUT2D eigenvalue weighted by molar-refractivity contribution is -0.0169. The van der Waals surface area contributed by atoms with Crippen LogP contribution in [0.25, 0.3) is 0 Å². The standard InChI is InChI=1S/C16H28N2O2/c1-15(2,3)18-12-13-8-7-9-17-14(13)19-10-11-20-16(4,5)6/h7-9,18H,10-12H2,1-6H3. The van der Waals surface area contributed by atoms with Crippen molar-refractivity contribution < 1.29 is 9.47 Å². The summed E-state index contributed by atoms with van der Waals surface area (Å²) in [6, 6.07) is 3.96. The predicted octanol–water partition coefficient (Wildman–Crippen LogP) is 3.16. The van der Waals surface area contributed by atoms with Crippen LogP contribution in [-0.4, -0.2) is 29.3 Å². The molecule has 0 aliphatic rings. The van der Waals surface area contributed by atoms with Crippen LogP contribution < -0.4 is 10.1 Å². The van der Waals surface area contributed by atoms with Gasteiger partial charge in [0.15, 0.2) is 0 Å². The van der Waals surface area contributed by atoms with Crippen LogP contribution in [0.3, 0.4) is 0 Å². The van der Waals surface area contributed by atoms with Crippen molar-refractivity contribution in [1.82, 2.24) is 10.3 Å². The SMILES string of the molecule is CC(C)(C)NCc1cccnc1OCCOC(C)(C)C. The molecule has 0 spiro atoms. The molecule has 0 aromatic carbocycles. The topological polar surface area (TPSA) is 43.4 Å². The summed E-state index contributed by atoms with van der Waals surface area (Å²) in [7, 11) is 0. The highest BCUT2D eigenvalue weighted by atomic mass is 16.5. The van der Waals surface area contributed by atoms with Gasteiger partial charge in [0.1, 0.15) is 6.61 Å². The summed E-state index contributed by atoms with van der Waals surface area (Å²) in [6.07, 6.45) is 1.75. The normalized spacial score (nSPS) is 12.5. The van der Waals surface area contributed by atoms with Gasteiger partial charge in [-0.3, -0.25) is 0 Å². The Kier molecular flexibility index (Phi) is 5.96. The second-order valence-corrected chi connectivity index (χ2v) is 6.88. The van der Waals surface area contributed by atoms with Crippen LogP contribution in [0.2, 0.25) is 0 Å². The third kappa shape index (κ3) is 7.46. The zero-order valence-corrected chi connectivity index (χ0v) is 13.6. The molecule has 0 aliphatic carbocycles. The zero-order chi connectivity index (χ0) is 15.2. The summed E-state index contributed by atoms with van der Waals surface area (Å²) >= 11 is 0. The molecule has 1 N–H and O–H groups in total. The Hall–Kier alpha value is -1.13. The first-order valence-corrected chi connectivity index (χ1v) is 7.13. The van der Waals surface area contributed by atoms with Gasteiger partial charge in [-0.25, -0.2) is 4.98 Å². The van der Waals surface area contributed by atoms with Gasteiger partial charge >= 0.3 is 0 Å². The number of rotatable bonds is 6. The number of nitrogens with zero attached hydrogens (tertiary/aromatic N) is 1. The average Bonchev–Trinajstić information content (AvgIpc) is 2.31. The van der Waals surface area contributed by atoms with Gasteiger partial charge in [-0.2, -0.15) is 0 Å². The summed E-state index contributed by atoms with van der Waals surface area (Å²) in [6.45, 7) is 14.3. The van der Waals surface area contributed by atoms with Crippen LogP contribution in [0.1, 0.15) is 47.1 Å². The van der Waals surface area contributed by atoms with Crippen LogP contribution in [0.5, 0.6) is 5.88 Å². The molecule has 0 amide bonds. The van der Waals surface area contributed by atoms with E-state index in [2.05, 4.69) is 31.1 Å². The molecule has 4 nitrogen and oxygen atoms in total. The molecule has 0 radical (unpaired) electrons. The number of hydrogen-bond acceptors (Lipinski definition) is 4. The van der Waals surface area contributed by atoms with Crippen molar-refractivity contribution in [2.45, 2.75) is 59.2 Å². The molecule has 0 atom stereocenters. The van der Waals surface area contributed by atoms with Crippen molar-refractivity contribution in [3.05, 3.63) is 23.9 Å². The molecular weight excluding hydrogens is 252 g/mol. The van der Waals surface area contributed by atoms with E-state index in [1.807, 2.05) is 32.9 Å².